The van der Waals surface area contributed by atoms with Crippen molar-refractivity contribution < 1.29 is 0 Å². The second kappa shape index (κ2) is 6.42. The van der Waals surface area contributed by atoms with Crippen LogP contribution in [0, 0.1) is 11.8 Å². The van der Waals surface area contributed by atoms with Crippen molar-refractivity contribution in [3.63, 3.8) is 0 Å². The van der Waals surface area contributed by atoms with Crippen molar-refractivity contribution in [2.75, 3.05) is 13.6 Å². The van der Waals surface area contributed by atoms with Crippen molar-refractivity contribution in [3.05, 3.63) is 0 Å². The monoisotopic (exact) mass is 185 g/mol. The Kier molecular flexibility index (Phi) is 6.40. The van der Waals surface area contributed by atoms with Crippen molar-refractivity contribution in [2.45, 2.75) is 53.5 Å². The summed E-state index contributed by atoms with van der Waals surface area (Å²) in [5, 5.41) is 0. The standard InChI is InChI=1S/C12H27N/c1-7-11(4)12(5)13(6)9-8-10(2)3/h10-12H,7-9H2,1-6H3/t11-,12?/m1/s1. The minimum absolute atomic E-state index is 0.726. The Morgan fingerprint density at radius 3 is 2.00 bits per heavy atom. The fourth-order valence-corrected chi connectivity index (χ4v) is 1.44. The predicted octanol–water partition coefficient (Wildman–Crippen LogP) is 3.40. The van der Waals surface area contributed by atoms with E-state index in [0.29, 0.717) is 0 Å². The third-order valence-electron chi connectivity index (χ3n) is 3.22. The van der Waals surface area contributed by atoms with Crippen LogP contribution in [0.5, 0.6) is 0 Å². The minimum atomic E-state index is 0.726. The second-order valence-electron chi connectivity index (χ2n) is 4.79. The van der Waals surface area contributed by atoms with Gasteiger partial charge in [0, 0.05) is 6.04 Å². The van der Waals surface area contributed by atoms with Crippen LogP contribution in [-0.2, 0) is 0 Å². The van der Waals surface area contributed by atoms with Gasteiger partial charge in [-0.15, -0.1) is 0 Å². The molecule has 1 nitrogen and oxygen atoms in total. The van der Waals surface area contributed by atoms with E-state index in [-0.39, 0.29) is 0 Å². The predicted molar refractivity (Wildman–Crippen MR) is 61.0 cm³/mol. The van der Waals surface area contributed by atoms with Crippen LogP contribution in [0.4, 0.5) is 0 Å². The number of rotatable bonds is 6. The molecule has 0 N–H and O–H groups in total. The van der Waals surface area contributed by atoms with Gasteiger partial charge >= 0.3 is 0 Å². The zero-order valence-corrected chi connectivity index (χ0v) is 10.3. The molecule has 0 aromatic rings. The molecule has 0 aliphatic rings. The second-order valence-corrected chi connectivity index (χ2v) is 4.79. The Morgan fingerprint density at radius 2 is 1.62 bits per heavy atom. The lowest BCUT2D eigenvalue weighted by molar-refractivity contribution is 0.187. The minimum Gasteiger partial charge on any atom is -0.303 e. The van der Waals surface area contributed by atoms with E-state index in [1.165, 1.54) is 19.4 Å². The topological polar surface area (TPSA) is 3.24 Å². The maximum Gasteiger partial charge on any atom is 0.00894 e. The summed E-state index contributed by atoms with van der Waals surface area (Å²) < 4.78 is 0. The molecular weight excluding hydrogens is 158 g/mol. The van der Waals surface area contributed by atoms with Crippen molar-refractivity contribution in [1.82, 2.24) is 4.90 Å². The molecule has 0 heterocycles. The summed E-state index contributed by atoms with van der Waals surface area (Å²) in [5.41, 5.74) is 0. The summed E-state index contributed by atoms with van der Waals surface area (Å²) in [4.78, 5) is 2.49. The van der Waals surface area contributed by atoms with Crippen molar-refractivity contribution in [1.29, 1.82) is 0 Å². The van der Waals surface area contributed by atoms with Gasteiger partial charge < -0.3 is 4.90 Å². The molecule has 2 atom stereocenters. The molecule has 0 radical (unpaired) electrons. The van der Waals surface area contributed by atoms with Gasteiger partial charge in [-0.25, -0.2) is 0 Å². The molecule has 0 amide bonds. The van der Waals surface area contributed by atoms with Gasteiger partial charge in [0.15, 0.2) is 0 Å². The third kappa shape index (κ3) is 5.30. The zero-order chi connectivity index (χ0) is 10.4. The summed E-state index contributed by atoms with van der Waals surface area (Å²) >= 11 is 0. The first-order valence-corrected chi connectivity index (χ1v) is 5.69. The SMILES string of the molecule is CC[C@@H](C)C(C)N(C)CCC(C)C. The summed E-state index contributed by atoms with van der Waals surface area (Å²) in [6.07, 6.45) is 2.60. The lowest BCUT2D eigenvalue weighted by Crippen LogP contribution is -2.35. The highest BCUT2D eigenvalue weighted by atomic mass is 15.1. The van der Waals surface area contributed by atoms with Crippen LogP contribution in [0.25, 0.3) is 0 Å². The zero-order valence-electron chi connectivity index (χ0n) is 10.3. The highest BCUT2D eigenvalue weighted by Gasteiger charge is 2.14. The van der Waals surface area contributed by atoms with E-state index in [1.807, 2.05) is 0 Å². The molecule has 0 spiro atoms. The molecule has 0 saturated heterocycles. The lowest BCUT2D eigenvalue weighted by Gasteiger charge is -2.29. The van der Waals surface area contributed by atoms with Gasteiger partial charge in [0.25, 0.3) is 0 Å². The molecule has 0 fully saturated rings. The van der Waals surface area contributed by atoms with Gasteiger partial charge in [0.1, 0.15) is 0 Å². The third-order valence-corrected chi connectivity index (χ3v) is 3.22. The maximum absolute atomic E-state index is 2.49. The van der Waals surface area contributed by atoms with E-state index >= 15 is 0 Å². The molecule has 0 rings (SSSR count). The van der Waals surface area contributed by atoms with E-state index in [9.17, 15) is 0 Å². The van der Waals surface area contributed by atoms with Crippen molar-refractivity contribution in [2.24, 2.45) is 11.8 Å². The molecule has 0 aromatic carbocycles. The normalized spacial score (nSPS) is 16.6. The largest absolute Gasteiger partial charge is 0.303 e. The molecule has 80 valence electrons. The quantitative estimate of drug-likeness (QED) is 0.613. The fraction of sp³-hybridized carbons (Fsp3) is 1.00. The van der Waals surface area contributed by atoms with E-state index in [1.54, 1.807) is 0 Å². The van der Waals surface area contributed by atoms with Gasteiger partial charge in [0.2, 0.25) is 0 Å². The number of nitrogens with zero attached hydrogens (tertiary/aromatic N) is 1. The Morgan fingerprint density at radius 1 is 1.08 bits per heavy atom. The van der Waals surface area contributed by atoms with E-state index < -0.39 is 0 Å². The van der Waals surface area contributed by atoms with Gasteiger partial charge in [-0.3, -0.25) is 0 Å². The lowest BCUT2D eigenvalue weighted by atomic mass is 9.99. The van der Waals surface area contributed by atoms with Crippen LogP contribution in [0.3, 0.4) is 0 Å². The molecule has 1 heteroatoms. The number of hydrogen-bond donors (Lipinski definition) is 0. The van der Waals surface area contributed by atoms with Crippen LogP contribution >= 0.6 is 0 Å². The first-order chi connectivity index (χ1) is 5.99. The highest BCUT2D eigenvalue weighted by Crippen LogP contribution is 2.13. The van der Waals surface area contributed by atoms with Crippen LogP contribution < -0.4 is 0 Å². The Bertz CT molecular complexity index is 120. The molecule has 0 saturated carbocycles. The molecule has 0 bridgehead atoms. The van der Waals surface area contributed by atoms with Crippen molar-refractivity contribution >= 4 is 0 Å². The van der Waals surface area contributed by atoms with Crippen LogP contribution in [0.1, 0.15) is 47.5 Å². The summed E-state index contributed by atoms with van der Waals surface area (Å²) in [7, 11) is 2.25. The summed E-state index contributed by atoms with van der Waals surface area (Å²) in [6, 6.07) is 0.726. The summed E-state index contributed by atoms with van der Waals surface area (Å²) in [6.45, 7) is 12.8. The highest BCUT2D eigenvalue weighted by molar-refractivity contribution is 4.69. The van der Waals surface area contributed by atoms with Gasteiger partial charge in [-0.2, -0.15) is 0 Å². The van der Waals surface area contributed by atoms with Gasteiger partial charge in [-0.05, 0) is 38.8 Å². The number of hydrogen-bond acceptors (Lipinski definition) is 1. The fourth-order valence-electron chi connectivity index (χ4n) is 1.44. The van der Waals surface area contributed by atoms with Gasteiger partial charge in [0.05, 0.1) is 0 Å². The van der Waals surface area contributed by atoms with Crippen LogP contribution in [0.15, 0.2) is 0 Å². The Hall–Kier alpha value is -0.0400. The molecule has 1 unspecified atom stereocenters. The Labute approximate surface area is 84.5 Å². The van der Waals surface area contributed by atoms with E-state index in [4.69, 9.17) is 0 Å². The smallest absolute Gasteiger partial charge is 0.00894 e. The van der Waals surface area contributed by atoms with Crippen LogP contribution in [0.2, 0.25) is 0 Å². The summed E-state index contributed by atoms with van der Waals surface area (Å²) in [5.74, 6) is 1.64. The van der Waals surface area contributed by atoms with Gasteiger partial charge in [-0.1, -0.05) is 34.1 Å². The maximum atomic E-state index is 2.49. The average Bonchev–Trinajstić information content (AvgIpc) is 2.11. The molecule has 0 aromatic heterocycles. The van der Waals surface area contributed by atoms with Crippen LogP contribution in [-0.4, -0.2) is 24.5 Å². The first-order valence-electron chi connectivity index (χ1n) is 5.69. The molecular formula is C12H27N. The first kappa shape index (κ1) is 13.0. The van der Waals surface area contributed by atoms with E-state index in [0.717, 1.165) is 17.9 Å². The molecule has 0 aliphatic heterocycles. The Balaban J connectivity index is 3.74. The van der Waals surface area contributed by atoms with E-state index in [2.05, 4.69) is 46.6 Å². The average molecular weight is 185 g/mol. The molecule has 0 aliphatic carbocycles. The van der Waals surface area contributed by atoms with Crippen molar-refractivity contribution in [3.8, 4) is 0 Å². The molecule has 13 heavy (non-hydrogen) atoms.